The van der Waals surface area contributed by atoms with Crippen LogP contribution in [0.25, 0.3) is 10.4 Å². The van der Waals surface area contributed by atoms with Gasteiger partial charge in [0.05, 0.1) is 15.4 Å². The molecule has 0 saturated carbocycles. The minimum Gasteiger partial charge on any atom is -0.454 e. The molecular formula is C27H28ClN3O2S. The van der Waals surface area contributed by atoms with Gasteiger partial charge >= 0.3 is 0 Å². The van der Waals surface area contributed by atoms with Crippen LogP contribution in [0.4, 0.5) is 0 Å². The number of aromatic nitrogens is 1. The Morgan fingerprint density at radius 2 is 1.94 bits per heavy atom. The number of hydrogen-bond acceptors (Lipinski definition) is 6. The summed E-state index contributed by atoms with van der Waals surface area (Å²) in [6.07, 6.45) is 4.11. The van der Waals surface area contributed by atoms with E-state index in [1.165, 1.54) is 11.3 Å². The lowest BCUT2D eigenvalue weighted by atomic mass is 9.74. The van der Waals surface area contributed by atoms with Crippen molar-refractivity contribution in [3.8, 4) is 28.0 Å². The third-order valence-electron chi connectivity index (χ3n) is 6.06. The van der Waals surface area contributed by atoms with Gasteiger partial charge in [-0.05, 0) is 70.7 Å². The fourth-order valence-corrected chi connectivity index (χ4v) is 6.09. The Bertz CT molecular complexity index is 1230. The number of carbonyl (C=O) groups excluding carboxylic acids is 1. The fourth-order valence-electron chi connectivity index (χ4n) is 5.22. The molecule has 0 atom stereocenters. The number of carbonyl (C=O) groups is 1. The van der Waals surface area contributed by atoms with Crippen LogP contribution in [-0.2, 0) is 0 Å². The molecule has 0 amide bonds. The lowest BCUT2D eigenvalue weighted by Crippen LogP contribution is -2.57. The van der Waals surface area contributed by atoms with Gasteiger partial charge in [0.1, 0.15) is 23.1 Å². The van der Waals surface area contributed by atoms with E-state index in [1.54, 1.807) is 36.0 Å². The lowest BCUT2D eigenvalue weighted by Gasteiger charge is -2.46. The van der Waals surface area contributed by atoms with Crippen molar-refractivity contribution in [3.05, 3.63) is 64.3 Å². The highest BCUT2D eigenvalue weighted by atomic mass is 35.5. The highest BCUT2D eigenvalue weighted by Gasteiger charge is 2.38. The zero-order valence-electron chi connectivity index (χ0n) is 19.8. The van der Waals surface area contributed by atoms with Crippen LogP contribution in [0, 0.1) is 17.2 Å². The van der Waals surface area contributed by atoms with Gasteiger partial charge in [-0.2, -0.15) is 5.26 Å². The van der Waals surface area contributed by atoms with E-state index >= 15 is 0 Å². The normalized spacial score (nSPS) is 17.2. The molecule has 0 bridgehead atoms. The van der Waals surface area contributed by atoms with Crippen molar-refractivity contribution in [2.24, 2.45) is 5.92 Å². The zero-order chi connectivity index (χ0) is 24.5. The number of benzene rings is 2. The van der Waals surface area contributed by atoms with Gasteiger partial charge in [0.15, 0.2) is 5.78 Å². The Morgan fingerprint density at radius 1 is 1.21 bits per heavy atom. The summed E-state index contributed by atoms with van der Waals surface area (Å²) < 4.78 is 6.02. The van der Waals surface area contributed by atoms with E-state index in [-0.39, 0.29) is 16.9 Å². The largest absolute Gasteiger partial charge is 0.454 e. The Morgan fingerprint density at radius 3 is 2.56 bits per heavy atom. The maximum atomic E-state index is 13.1. The molecule has 0 radical (unpaired) electrons. The Balaban J connectivity index is 1.52. The first kappa shape index (κ1) is 24.4. The van der Waals surface area contributed by atoms with Gasteiger partial charge in [-0.25, -0.2) is 0 Å². The summed E-state index contributed by atoms with van der Waals surface area (Å²) in [5.74, 6) is 1.20. The molecule has 1 fully saturated rings. The molecule has 5 nitrogen and oxygen atoms in total. The van der Waals surface area contributed by atoms with Crippen molar-refractivity contribution in [2.45, 2.75) is 58.0 Å². The number of ether oxygens (including phenoxy) is 1. The number of nitrogens with zero attached hydrogens (tertiary/aromatic N) is 2. The van der Waals surface area contributed by atoms with E-state index in [0.29, 0.717) is 40.0 Å². The molecule has 7 heteroatoms. The second-order valence-corrected chi connectivity index (χ2v) is 11.5. The minimum atomic E-state index is -0.00575. The quantitative estimate of drug-likeness (QED) is 0.366. The monoisotopic (exact) mass is 493 g/mol. The number of piperidine rings is 1. The molecule has 0 unspecified atom stereocenters. The summed E-state index contributed by atoms with van der Waals surface area (Å²) in [6, 6.07) is 12.8. The van der Waals surface area contributed by atoms with Crippen LogP contribution in [0.5, 0.6) is 11.5 Å². The average molecular weight is 494 g/mol. The molecule has 3 aromatic rings. The van der Waals surface area contributed by atoms with Crippen LogP contribution in [0.1, 0.15) is 62.9 Å². The molecule has 176 valence electrons. The van der Waals surface area contributed by atoms with Crippen LogP contribution in [0.15, 0.2) is 48.1 Å². The zero-order valence-corrected chi connectivity index (χ0v) is 21.4. The number of nitrogens with one attached hydrogen (secondary N) is 1. The van der Waals surface area contributed by atoms with Gasteiger partial charge < -0.3 is 10.1 Å². The van der Waals surface area contributed by atoms with Gasteiger partial charge in [-0.15, -0.1) is 11.3 Å². The molecule has 0 aliphatic carbocycles. The van der Waals surface area contributed by atoms with E-state index in [4.69, 9.17) is 16.3 Å². The number of Topliss-reactive ketones (excluding diaryl/α,β-unsaturated/α-hetero) is 1. The van der Waals surface area contributed by atoms with Crippen molar-refractivity contribution >= 4 is 28.7 Å². The summed E-state index contributed by atoms with van der Waals surface area (Å²) >= 11 is 7.97. The van der Waals surface area contributed by atoms with Crippen molar-refractivity contribution in [1.82, 2.24) is 10.3 Å². The van der Waals surface area contributed by atoms with Crippen LogP contribution in [0.2, 0.25) is 5.02 Å². The minimum absolute atomic E-state index is 0.00575. The van der Waals surface area contributed by atoms with Gasteiger partial charge in [0, 0.05) is 34.8 Å². The van der Waals surface area contributed by atoms with Gasteiger partial charge in [0.25, 0.3) is 0 Å². The SMILES string of the molecule is CC1(C)CC(CC(=O)c2ccc(Oc3cccc(-c4cncs4)c3C#N)c(Cl)c2)CC(C)(C)N1. The molecule has 1 aliphatic heterocycles. The topological polar surface area (TPSA) is 75.0 Å². The van der Waals surface area contributed by atoms with Crippen molar-refractivity contribution < 1.29 is 9.53 Å². The average Bonchev–Trinajstić information content (AvgIpc) is 3.27. The molecule has 1 aromatic heterocycles. The first-order valence-electron chi connectivity index (χ1n) is 11.3. The highest BCUT2D eigenvalue weighted by Crippen LogP contribution is 2.38. The standard InChI is InChI=1S/C27H28ClN3O2S/c1-26(2)12-17(13-27(3,4)31-26)10-22(32)18-8-9-24(21(28)11-18)33-23-7-5-6-19(20(23)14-29)25-15-30-16-34-25/h5-9,11,15-17,31H,10,12-13H2,1-4H3. The molecule has 2 heterocycles. The van der Waals surface area contributed by atoms with Crippen LogP contribution >= 0.6 is 22.9 Å². The van der Waals surface area contributed by atoms with Crippen LogP contribution in [-0.4, -0.2) is 21.8 Å². The summed E-state index contributed by atoms with van der Waals surface area (Å²) in [5, 5.41) is 13.8. The van der Waals surface area contributed by atoms with E-state index in [1.807, 2.05) is 12.1 Å². The Labute approximate surface area is 209 Å². The van der Waals surface area contributed by atoms with E-state index in [9.17, 15) is 10.1 Å². The third kappa shape index (κ3) is 5.50. The van der Waals surface area contributed by atoms with Gasteiger partial charge in [-0.1, -0.05) is 23.7 Å². The predicted octanol–water partition coefficient (Wildman–Crippen LogP) is 7.26. The fraction of sp³-hybridized carbons (Fsp3) is 0.370. The number of thiazole rings is 1. The molecule has 1 N–H and O–H groups in total. The second kappa shape index (κ2) is 9.50. The number of ketones is 1. The van der Waals surface area contributed by atoms with E-state index in [0.717, 1.165) is 23.3 Å². The molecular weight excluding hydrogens is 466 g/mol. The molecule has 1 saturated heterocycles. The van der Waals surface area contributed by atoms with Crippen molar-refractivity contribution in [2.75, 3.05) is 0 Å². The van der Waals surface area contributed by atoms with E-state index < -0.39 is 0 Å². The van der Waals surface area contributed by atoms with Crippen molar-refractivity contribution in [1.29, 1.82) is 5.26 Å². The summed E-state index contributed by atoms with van der Waals surface area (Å²) in [7, 11) is 0. The summed E-state index contributed by atoms with van der Waals surface area (Å²) in [6.45, 7) is 8.75. The maximum absolute atomic E-state index is 13.1. The Kier molecular flexibility index (Phi) is 6.82. The molecule has 1 aliphatic rings. The number of hydrogen-bond donors (Lipinski definition) is 1. The first-order chi connectivity index (χ1) is 16.1. The summed E-state index contributed by atoms with van der Waals surface area (Å²) in [4.78, 5) is 18.1. The lowest BCUT2D eigenvalue weighted by molar-refractivity contribution is 0.0864. The van der Waals surface area contributed by atoms with Gasteiger partial charge in [0.2, 0.25) is 0 Å². The molecule has 34 heavy (non-hydrogen) atoms. The second-order valence-electron chi connectivity index (χ2n) is 10.2. The third-order valence-corrected chi connectivity index (χ3v) is 7.16. The Hall–Kier alpha value is -2.72. The maximum Gasteiger partial charge on any atom is 0.163 e. The van der Waals surface area contributed by atoms with Crippen LogP contribution in [0.3, 0.4) is 0 Å². The first-order valence-corrected chi connectivity index (χ1v) is 12.5. The van der Waals surface area contributed by atoms with Gasteiger partial charge in [-0.3, -0.25) is 9.78 Å². The van der Waals surface area contributed by atoms with Crippen LogP contribution < -0.4 is 10.1 Å². The molecule has 0 spiro atoms. The highest BCUT2D eigenvalue weighted by molar-refractivity contribution is 7.13. The predicted molar refractivity (Wildman–Crippen MR) is 137 cm³/mol. The summed E-state index contributed by atoms with van der Waals surface area (Å²) in [5.41, 5.74) is 3.47. The molecule has 4 rings (SSSR count). The smallest absolute Gasteiger partial charge is 0.163 e. The molecule has 2 aromatic carbocycles. The van der Waals surface area contributed by atoms with Crippen molar-refractivity contribution in [3.63, 3.8) is 0 Å². The number of halogens is 1. The number of rotatable bonds is 6. The van der Waals surface area contributed by atoms with E-state index in [2.05, 4.69) is 44.1 Å². The number of nitriles is 1.